The Bertz CT molecular complexity index is 594. The number of benzene rings is 2. The molecule has 1 atom stereocenters. The topological polar surface area (TPSA) is 95.6 Å². The zero-order chi connectivity index (χ0) is 15.2. The van der Waals surface area contributed by atoms with Gasteiger partial charge in [0.2, 0.25) is 5.91 Å². The van der Waals surface area contributed by atoms with Crippen molar-refractivity contribution in [1.82, 2.24) is 5.32 Å². The van der Waals surface area contributed by atoms with Crippen molar-refractivity contribution in [1.29, 1.82) is 0 Å². The van der Waals surface area contributed by atoms with E-state index in [4.69, 9.17) is 5.73 Å². The Balaban J connectivity index is 1.84. The van der Waals surface area contributed by atoms with Crippen LogP contribution >= 0.6 is 0 Å². The second-order valence-electron chi connectivity index (χ2n) is 4.86. The summed E-state index contributed by atoms with van der Waals surface area (Å²) in [4.78, 5) is 11.9. The molecule has 0 radical (unpaired) electrons. The Morgan fingerprint density at radius 1 is 0.952 bits per heavy atom. The van der Waals surface area contributed by atoms with E-state index in [0.29, 0.717) is 13.0 Å². The summed E-state index contributed by atoms with van der Waals surface area (Å²) in [5.74, 6) is 0.134. The summed E-state index contributed by atoms with van der Waals surface area (Å²) < 4.78 is 0. The number of amides is 1. The van der Waals surface area contributed by atoms with Gasteiger partial charge >= 0.3 is 0 Å². The van der Waals surface area contributed by atoms with E-state index in [-0.39, 0.29) is 17.4 Å². The first-order valence-electron chi connectivity index (χ1n) is 6.63. The first kappa shape index (κ1) is 14.9. The molecule has 2 rings (SSSR count). The lowest BCUT2D eigenvalue weighted by atomic mass is 10.1. The van der Waals surface area contributed by atoms with Crippen molar-refractivity contribution in [3.8, 4) is 11.5 Å². The summed E-state index contributed by atoms with van der Waals surface area (Å²) in [7, 11) is 0. The van der Waals surface area contributed by atoms with Gasteiger partial charge in [-0.1, -0.05) is 24.3 Å². The highest BCUT2D eigenvalue weighted by atomic mass is 16.3. The molecule has 5 N–H and O–H groups in total. The monoisotopic (exact) mass is 286 g/mol. The quantitative estimate of drug-likeness (QED) is 0.666. The maximum absolute atomic E-state index is 11.9. The van der Waals surface area contributed by atoms with Gasteiger partial charge in [0, 0.05) is 6.54 Å². The molecule has 5 heteroatoms. The highest BCUT2D eigenvalue weighted by Gasteiger charge is 2.13. The average Bonchev–Trinajstić information content (AvgIpc) is 2.48. The van der Waals surface area contributed by atoms with Gasteiger partial charge in [0.25, 0.3) is 0 Å². The van der Waals surface area contributed by atoms with E-state index in [1.54, 1.807) is 48.5 Å². The molecule has 1 amide bonds. The van der Waals surface area contributed by atoms with Crippen molar-refractivity contribution < 1.29 is 15.0 Å². The van der Waals surface area contributed by atoms with Crippen LogP contribution in [0.15, 0.2) is 48.5 Å². The van der Waals surface area contributed by atoms with Crippen LogP contribution in [0.4, 0.5) is 0 Å². The number of hydrogen-bond acceptors (Lipinski definition) is 4. The normalized spacial score (nSPS) is 11.9. The molecule has 0 aliphatic rings. The second-order valence-corrected chi connectivity index (χ2v) is 4.86. The van der Waals surface area contributed by atoms with E-state index in [1.165, 1.54) is 0 Å². The highest BCUT2D eigenvalue weighted by Crippen LogP contribution is 2.11. The molecule has 0 aliphatic heterocycles. The zero-order valence-electron chi connectivity index (χ0n) is 11.5. The Morgan fingerprint density at radius 2 is 1.43 bits per heavy atom. The first-order valence-corrected chi connectivity index (χ1v) is 6.63. The predicted octanol–water partition coefficient (Wildman–Crippen LogP) is 1.28. The summed E-state index contributed by atoms with van der Waals surface area (Å²) in [6.07, 6.45) is 0.404. The molecular formula is C16H18N2O3. The fourth-order valence-corrected chi connectivity index (χ4v) is 1.91. The summed E-state index contributed by atoms with van der Waals surface area (Å²) in [6, 6.07) is 12.6. The van der Waals surface area contributed by atoms with Crippen molar-refractivity contribution in [3.05, 3.63) is 59.7 Å². The van der Waals surface area contributed by atoms with Crippen LogP contribution in [0.1, 0.15) is 11.1 Å². The van der Waals surface area contributed by atoms with Crippen LogP contribution in [0, 0.1) is 0 Å². The Labute approximate surface area is 123 Å². The van der Waals surface area contributed by atoms with Crippen LogP contribution in [-0.4, -0.2) is 22.2 Å². The Hall–Kier alpha value is -2.53. The zero-order valence-corrected chi connectivity index (χ0v) is 11.5. The Kier molecular flexibility index (Phi) is 4.79. The third-order valence-corrected chi connectivity index (χ3v) is 3.13. The SMILES string of the molecule is NC(Cc1ccc(O)cc1)C(=O)NCc1ccc(O)cc1. The van der Waals surface area contributed by atoms with Crippen LogP contribution in [0.5, 0.6) is 11.5 Å². The first-order chi connectivity index (χ1) is 10.0. The summed E-state index contributed by atoms with van der Waals surface area (Å²) in [5, 5.41) is 21.1. The van der Waals surface area contributed by atoms with Crippen LogP contribution < -0.4 is 11.1 Å². The minimum absolute atomic E-state index is 0.184. The molecule has 0 heterocycles. The number of nitrogens with one attached hydrogen (secondary N) is 1. The number of carbonyl (C=O) groups excluding carboxylic acids is 1. The minimum Gasteiger partial charge on any atom is -0.508 e. The molecule has 21 heavy (non-hydrogen) atoms. The standard InChI is InChI=1S/C16H18N2O3/c17-15(9-11-1-5-13(19)6-2-11)16(21)18-10-12-3-7-14(20)8-4-12/h1-8,15,19-20H,9-10,17H2,(H,18,21). The van der Waals surface area contributed by atoms with Gasteiger partial charge in [-0.25, -0.2) is 0 Å². The maximum Gasteiger partial charge on any atom is 0.237 e. The van der Waals surface area contributed by atoms with E-state index in [2.05, 4.69) is 5.32 Å². The smallest absolute Gasteiger partial charge is 0.237 e. The highest BCUT2D eigenvalue weighted by molar-refractivity contribution is 5.81. The molecule has 0 saturated heterocycles. The molecule has 2 aromatic carbocycles. The second kappa shape index (κ2) is 6.76. The number of nitrogens with two attached hydrogens (primary N) is 1. The molecule has 0 aromatic heterocycles. The maximum atomic E-state index is 11.9. The van der Waals surface area contributed by atoms with Gasteiger partial charge in [0.15, 0.2) is 0 Å². The van der Waals surface area contributed by atoms with Gasteiger partial charge in [-0.3, -0.25) is 4.79 Å². The number of phenolic OH excluding ortho intramolecular Hbond substituents is 2. The van der Waals surface area contributed by atoms with E-state index < -0.39 is 6.04 Å². The number of phenols is 2. The molecule has 0 spiro atoms. The lowest BCUT2D eigenvalue weighted by Crippen LogP contribution is -2.41. The molecule has 5 nitrogen and oxygen atoms in total. The molecule has 0 aliphatic carbocycles. The van der Waals surface area contributed by atoms with Gasteiger partial charge in [0.05, 0.1) is 6.04 Å². The summed E-state index contributed by atoms with van der Waals surface area (Å²) in [6.45, 7) is 0.363. The molecule has 2 aromatic rings. The number of rotatable bonds is 5. The molecule has 1 unspecified atom stereocenters. The third kappa shape index (κ3) is 4.50. The molecule has 0 fully saturated rings. The van der Waals surface area contributed by atoms with Gasteiger partial charge in [-0.15, -0.1) is 0 Å². The van der Waals surface area contributed by atoms with Crippen molar-refractivity contribution in [2.75, 3.05) is 0 Å². The Morgan fingerprint density at radius 3 is 1.95 bits per heavy atom. The third-order valence-electron chi connectivity index (χ3n) is 3.13. The van der Waals surface area contributed by atoms with Crippen LogP contribution in [0.2, 0.25) is 0 Å². The van der Waals surface area contributed by atoms with Gasteiger partial charge in [0.1, 0.15) is 11.5 Å². The van der Waals surface area contributed by atoms with E-state index in [0.717, 1.165) is 11.1 Å². The fourth-order valence-electron chi connectivity index (χ4n) is 1.91. The minimum atomic E-state index is -0.647. The van der Waals surface area contributed by atoms with Gasteiger partial charge in [-0.2, -0.15) is 0 Å². The molecule has 0 saturated carbocycles. The number of hydrogen-bond donors (Lipinski definition) is 4. The van der Waals surface area contributed by atoms with Crippen molar-refractivity contribution >= 4 is 5.91 Å². The lowest BCUT2D eigenvalue weighted by Gasteiger charge is -2.12. The lowest BCUT2D eigenvalue weighted by molar-refractivity contribution is -0.122. The molecule has 110 valence electrons. The fraction of sp³-hybridized carbons (Fsp3) is 0.188. The van der Waals surface area contributed by atoms with E-state index >= 15 is 0 Å². The molecule has 0 bridgehead atoms. The van der Waals surface area contributed by atoms with Crippen molar-refractivity contribution in [2.45, 2.75) is 19.0 Å². The van der Waals surface area contributed by atoms with E-state index in [1.807, 2.05) is 0 Å². The van der Waals surface area contributed by atoms with Crippen LogP contribution in [0.3, 0.4) is 0 Å². The molecular weight excluding hydrogens is 268 g/mol. The van der Waals surface area contributed by atoms with Gasteiger partial charge in [-0.05, 0) is 41.8 Å². The number of aromatic hydroxyl groups is 2. The largest absolute Gasteiger partial charge is 0.508 e. The summed E-state index contributed by atoms with van der Waals surface area (Å²) in [5.41, 5.74) is 7.64. The summed E-state index contributed by atoms with van der Waals surface area (Å²) >= 11 is 0. The van der Waals surface area contributed by atoms with Crippen LogP contribution in [0.25, 0.3) is 0 Å². The van der Waals surface area contributed by atoms with E-state index in [9.17, 15) is 15.0 Å². The average molecular weight is 286 g/mol. The number of carbonyl (C=O) groups is 1. The van der Waals surface area contributed by atoms with Crippen molar-refractivity contribution in [2.24, 2.45) is 5.73 Å². The predicted molar refractivity (Wildman–Crippen MR) is 79.7 cm³/mol. The van der Waals surface area contributed by atoms with Crippen LogP contribution in [-0.2, 0) is 17.8 Å². The van der Waals surface area contributed by atoms with Gasteiger partial charge < -0.3 is 21.3 Å². The van der Waals surface area contributed by atoms with Crippen molar-refractivity contribution in [3.63, 3.8) is 0 Å².